The highest BCUT2D eigenvalue weighted by Crippen LogP contribution is 2.38. The fourth-order valence-electron chi connectivity index (χ4n) is 5.59. The van der Waals surface area contributed by atoms with E-state index in [-0.39, 0.29) is 17.9 Å². The number of aromatic nitrogens is 1. The van der Waals surface area contributed by atoms with Gasteiger partial charge in [0.2, 0.25) is 5.91 Å². The minimum absolute atomic E-state index is 0.0669. The van der Waals surface area contributed by atoms with Crippen molar-refractivity contribution in [1.82, 2.24) is 9.88 Å². The van der Waals surface area contributed by atoms with Crippen LogP contribution < -0.4 is 10.2 Å². The minimum atomic E-state index is -1.03. The number of aryl methyl sites for hydroxylation is 2. The van der Waals surface area contributed by atoms with E-state index in [9.17, 15) is 9.59 Å². The van der Waals surface area contributed by atoms with Crippen LogP contribution in [-0.2, 0) is 11.3 Å². The number of anilines is 1. The zero-order valence-corrected chi connectivity index (χ0v) is 21.0. The van der Waals surface area contributed by atoms with Crippen LogP contribution in [-0.4, -0.2) is 28.0 Å². The van der Waals surface area contributed by atoms with Crippen LogP contribution in [0.3, 0.4) is 0 Å². The van der Waals surface area contributed by atoms with Gasteiger partial charge in [0.15, 0.2) is 0 Å². The van der Waals surface area contributed by atoms with Gasteiger partial charge in [0.25, 0.3) is 5.91 Å². The molecular weight excluding hydrogens is 430 g/mol. The van der Waals surface area contributed by atoms with Crippen molar-refractivity contribution in [1.29, 1.82) is 0 Å². The average molecular weight is 464 g/mol. The van der Waals surface area contributed by atoms with Crippen LogP contribution in [0.2, 0.25) is 0 Å². The summed E-state index contributed by atoms with van der Waals surface area (Å²) in [6.07, 6.45) is 3.33. The monoisotopic (exact) mass is 463 g/mol. The van der Waals surface area contributed by atoms with Crippen molar-refractivity contribution in [3.8, 4) is 0 Å². The second-order valence-corrected chi connectivity index (χ2v) is 11.3. The van der Waals surface area contributed by atoms with Gasteiger partial charge in [0.1, 0.15) is 11.2 Å². The van der Waals surface area contributed by atoms with Gasteiger partial charge in [-0.1, -0.05) is 32.8 Å². The summed E-state index contributed by atoms with van der Waals surface area (Å²) in [5.74, 6) is 0.826. The number of amides is 2. The van der Waals surface area contributed by atoms with Crippen LogP contribution in [0, 0.1) is 25.7 Å². The number of nitrogens with one attached hydrogen (secondary N) is 1. The Bertz CT molecular complexity index is 1240. The Labute approximate surface area is 199 Å². The van der Waals surface area contributed by atoms with E-state index < -0.39 is 5.54 Å². The van der Waals surface area contributed by atoms with Gasteiger partial charge >= 0.3 is 0 Å². The fraction of sp³-hybridized carbons (Fsp3) is 0.481. The van der Waals surface area contributed by atoms with Crippen molar-refractivity contribution in [2.75, 3.05) is 4.90 Å². The second-order valence-electron chi connectivity index (χ2n) is 10.3. The third-order valence-electron chi connectivity index (χ3n) is 8.17. The first kappa shape index (κ1) is 22.2. The average Bonchev–Trinajstić information content (AvgIpc) is 3.36. The highest BCUT2D eigenvalue weighted by molar-refractivity contribution is 7.17. The summed E-state index contributed by atoms with van der Waals surface area (Å²) >= 11 is 1.63. The Kier molecular flexibility index (Phi) is 5.39. The molecule has 0 unspecified atom stereocenters. The van der Waals surface area contributed by atoms with E-state index in [0.717, 1.165) is 34.3 Å². The minimum Gasteiger partial charge on any atom is -0.351 e. The summed E-state index contributed by atoms with van der Waals surface area (Å²) in [5.41, 5.74) is 3.71. The van der Waals surface area contributed by atoms with Crippen molar-refractivity contribution in [2.24, 2.45) is 11.8 Å². The molecule has 0 bridgehead atoms. The molecule has 1 saturated carbocycles. The molecule has 1 fully saturated rings. The lowest BCUT2D eigenvalue weighted by molar-refractivity contribution is -0.128. The Morgan fingerprint density at radius 2 is 1.91 bits per heavy atom. The molecule has 2 aromatic heterocycles. The van der Waals surface area contributed by atoms with Crippen LogP contribution in [0.15, 0.2) is 35.7 Å². The summed E-state index contributed by atoms with van der Waals surface area (Å²) in [5, 5.41) is 5.42. The first-order chi connectivity index (χ1) is 15.7. The molecule has 0 saturated heterocycles. The van der Waals surface area contributed by atoms with Crippen LogP contribution in [0.5, 0.6) is 0 Å². The number of thiophene rings is 1. The molecule has 0 spiro atoms. The first-order valence-electron chi connectivity index (χ1n) is 12.0. The first-order valence-corrected chi connectivity index (χ1v) is 12.9. The Morgan fingerprint density at radius 3 is 2.67 bits per heavy atom. The van der Waals surface area contributed by atoms with Gasteiger partial charge in [-0.2, -0.15) is 0 Å². The van der Waals surface area contributed by atoms with Gasteiger partial charge in [-0.05, 0) is 79.8 Å². The van der Waals surface area contributed by atoms with Crippen molar-refractivity contribution in [3.05, 3.63) is 52.5 Å². The van der Waals surface area contributed by atoms with Crippen LogP contribution in [0.4, 0.5) is 5.69 Å². The SMILES string of the molecule is Cc1ccc(N2C(=O)c3cc4sccc4n3C[C@]2(C)C(=O)N[C@@H]2CCC[C@H](C)[C@H]2C)cc1C. The van der Waals surface area contributed by atoms with Gasteiger partial charge in [0.05, 0.1) is 16.8 Å². The highest BCUT2D eigenvalue weighted by Gasteiger charge is 2.49. The Hall–Kier alpha value is -2.60. The van der Waals surface area contributed by atoms with E-state index in [1.807, 2.05) is 47.2 Å². The molecule has 1 aliphatic carbocycles. The van der Waals surface area contributed by atoms with Crippen molar-refractivity contribution >= 4 is 39.1 Å². The molecule has 2 aliphatic rings. The zero-order chi connectivity index (χ0) is 23.5. The maximum atomic E-state index is 14.0. The van der Waals surface area contributed by atoms with E-state index in [0.29, 0.717) is 24.1 Å². The molecule has 3 aromatic rings. The Balaban J connectivity index is 1.59. The molecule has 5 nitrogen and oxygen atoms in total. The van der Waals surface area contributed by atoms with Crippen LogP contribution in [0.25, 0.3) is 10.2 Å². The van der Waals surface area contributed by atoms with E-state index in [4.69, 9.17) is 0 Å². The summed E-state index contributed by atoms with van der Waals surface area (Å²) < 4.78 is 3.12. The topological polar surface area (TPSA) is 54.3 Å². The lowest BCUT2D eigenvalue weighted by Crippen LogP contribution is -2.66. The van der Waals surface area contributed by atoms with E-state index in [1.165, 1.54) is 12.0 Å². The number of carbonyl (C=O) groups excluding carboxylic acids is 2. The van der Waals surface area contributed by atoms with Crippen LogP contribution >= 0.6 is 11.3 Å². The number of carbonyl (C=O) groups is 2. The third-order valence-corrected chi connectivity index (χ3v) is 9.02. The van der Waals surface area contributed by atoms with E-state index >= 15 is 0 Å². The lowest BCUT2D eigenvalue weighted by atomic mass is 9.77. The number of rotatable bonds is 3. The molecule has 0 radical (unpaired) electrons. The molecule has 6 heteroatoms. The summed E-state index contributed by atoms with van der Waals surface area (Å²) in [4.78, 5) is 29.7. The van der Waals surface area contributed by atoms with E-state index in [2.05, 4.69) is 33.0 Å². The highest BCUT2D eigenvalue weighted by atomic mass is 32.1. The molecule has 3 heterocycles. The lowest BCUT2D eigenvalue weighted by Gasteiger charge is -2.45. The second kappa shape index (κ2) is 8.01. The largest absolute Gasteiger partial charge is 0.351 e. The molecule has 5 rings (SSSR count). The molecule has 2 amide bonds. The third kappa shape index (κ3) is 3.50. The number of nitrogens with zero attached hydrogens (tertiary/aromatic N) is 2. The predicted molar refractivity (Wildman–Crippen MR) is 135 cm³/mol. The van der Waals surface area contributed by atoms with Crippen molar-refractivity contribution < 1.29 is 9.59 Å². The smallest absolute Gasteiger partial charge is 0.275 e. The standard InChI is InChI=1S/C27H33N3O2S/c1-16-9-10-20(13-18(16)3)30-25(31)23-14-24-22(11-12-33-24)29(23)15-27(30,5)26(32)28-21-8-6-7-17(2)19(21)4/h9-14,17,19,21H,6-8,15H2,1-5H3,(H,28,32)/t17-,19+,21+,27+/m0/s1. The fourth-order valence-corrected chi connectivity index (χ4v) is 6.41. The van der Waals surface area contributed by atoms with Gasteiger partial charge in [0, 0.05) is 11.7 Å². The number of fused-ring (bicyclic) bond motifs is 3. The summed E-state index contributed by atoms with van der Waals surface area (Å²) in [6.45, 7) is 11.0. The van der Waals surface area contributed by atoms with Crippen molar-refractivity contribution in [2.45, 2.75) is 72.0 Å². The van der Waals surface area contributed by atoms with Gasteiger partial charge in [-0.25, -0.2) is 0 Å². The zero-order valence-electron chi connectivity index (χ0n) is 20.1. The van der Waals surface area contributed by atoms with Gasteiger partial charge in [-0.15, -0.1) is 11.3 Å². The molecule has 174 valence electrons. The summed E-state index contributed by atoms with van der Waals surface area (Å²) in [7, 11) is 0. The predicted octanol–water partition coefficient (Wildman–Crippen LogP) is 5.68. The molecule has 1 N–H and O–H groups in total. The van der Waals surface area contributed by atoms with E-state index in [1.54, 1.807) is 16.2 Å². The molecule has 4 atom stereocenters. The van der Waals surface area contributed by atoms with Gasteiger partial charge < -0.3 is 9.88 Å². The van der Waals surface area contributed by atoms with Gasteiger partial charge in [-0.3, -0.25) is 14.5 Å². The molecular formula is C27H33N3O2S. The van der Waals surface area contributed by atoms with Crippen LogP contribution in [0.1, 0.15) is 61.6 Å². The number of benzene rings is 1. The Morgan fingerprint density at radius 1 is 1.12 bits per heavy atom. The molecule has 1 aliphatic heterocycles. The maximum Gasteiger partial charge on any atom is 0.275 e. The number of hydrogen-bond donors (Lipinski definition) is 1. The number of hydrogen-bond acceptors (Lipinski definition) is 3. The molecule has 1 aromatic carbocycles. The van der Waals surface area contributed by atoms with Crippen molar-refractivity contribution in [3.63, 3.8) is 0 Å². The summed E-state index contributed by atoms with van der Waals surface area (Å²) in [6, 6.07) is 10.2. The molecule has 33 heavy (non-hydrogen) atoms. The maximum absolute atomic E-state index is 14.0. The normalized spacial score (nSPS) is 27.6. The quantitative estimate of drug-likeness (QED) is 0.543.